The van der Waals surface area contributed by atoms with Gasteiger partial charge in [0, 0.05) is 18.3 Å². The van der Waals surface area contributed by atoms with Crippen molar-refractivity contribution in [3.63, 3.8) is 0 Å². The van der Waals surface area contributed by atoms with Gasteiger partial charge in [-0.3, -0.25) is 0 Å². The van der Waals surface area contributed by atoms with Gasteiger partial charge in [-0.15, -0.1) is 0 Å². The third-order valence-electron chi connectivity index (χ3n) is 2.78. The lowest BCUT2D eigenvalue weighted by Gasteiger charge is -2.08. The summed E-state index contributed by atoms with van der Waals surface area (Å²) in [5.74, 6) is 0.749. The van der Waals surface area contributed by atoms with Crippen LogP contribution in [-0.4, -0.2) is 18.6 Å². The summed E-state index contributed by atoms with van der Waals surface area (Å²) < 4.78 is 5.64. The lowest BCUT2D eigenvalue weighted by atomic mass is 10.2. The van der Waals surface area contributed by atoms with E-state index in [9.17, 15) is 0 Å². The van der Waals surface area contributed by atoms with E-state index < -0.39 is 0 Å². The molecule has 1 aromatic heterocycles. The fourth-order valence-electron chi connectivity index (χ4n) is 1.73. The molecule has 0 saturated heterocycles. The van der Waals surface area contributed by atoms with Gasteiger partial charge in [0.05, 0.1) is 6.61 Å². The first-order valence-corrected chi connectivity index (χ1v) is 6.51. The number of unbranched alkanes of at least 4 members (excludes halogenated alkanes) is 3. The maximum atomic E-state index is 5.64. The Morgan fingerprint density at radius 1 is 1.24 bits per heavy atom. The molecule has 0 atom stereocenters. The van der Waals surface area contributed by atoms with Crippen LogP contribution in [0.1, 0.15) is 43.9 Å². The van der Waals surface area contributed by atoms with Crippen LogP contribution in [0.25, 0.3) is 0 Å². The molecule has 0 spiro atoms. The van der Waals surface area contributed by atoms with Crippen LogP contribution in [0.5, 0.6) is 5.88 Å². The molecule has 3 nitrogen and oxygen atoms in total. The molecule has 0 unspecified atom stereocenters. The van der Waals surface area contributed by atoms with Crippen molar-refractivity contribution in [2.24, 2.45) is 0 Å². The SMILES string of the molecule is CCCCCCOc1ccc(CNC)c(C)n1. The van der Waals surface area contributed by atoms with E-state index in [2.05, 4.69) is 23.3 Å². The number of hydrogen-bond acceptors (Lipinski definition) is 3. The number of nitrogens with one attached hydrogen (secondary N) is 1. The summed E-state index contributed by atoms with van der Waals surface area (Å²) in [6.45, 7) is 5.87. The smallest absolute Gasteiger partial charge is 0.213 e. The zero-order valence-electron chi connectivity index (χ0n) is 11.3. The van der Waals surface area contributed by atoms with Crippen molar-refractivity contribution in [3.8, 4) is 5.88 Å². The molecule has 0 amide bonds. The summed E-state index contributed by atoms with van der Waals surface area (Å²) in [5, 5.41) is 3.13. The monoisotopic (exact) mass is 236 g/mol. The highest BCUT2D eigenvalue weighted by molar-refractivity contribution is 5.24. The molecule has 0 fully saturated rings. The first kappa shape index (κ1) is 14.0. The van der Waals surface area contributed by atoms with Crippen LogP contribution in [0.2, 0.25) is 0 Å². The van der Waals surface area contributed by atoms with Gasteiger partial charge in [0.15, 0.2) is 0 Å². The summed E-state index contributed by atoms with van der Waals surface area (Å²) in [5.41, 5.74) is 2.27. The van der Waals surface area contributed by atoms with Gasteiger partial charge >= 0.3 is 0 Å². The maximum absolute atomic E-state index is 5.64. The van der Waals surface area contributed by atoms with Gasteiger partial charge in [0.25, 0.3) is 0 Å². The van der Waals surface area contributed by atoms with Gasteiger partial charge in [-0.05, 0) is 26.0 Å². The summed E-state index contributed by atoms with van der Waals surface area (Å²) in [7, 11) is 1.94. The summed E-state index contributed by atoms with van der Waals surface area (Å²) in [6.07, 6.45) is 4.91. The van der Waals surface area contributed by atoms with Crippen molar-refractivity contribution in [2.45, 2.75) is 46.1 Å². The van der Waals surface area contributed by atoms with Crippen LogP contribution >= 0.6 is 0 Å². The molecule has 1 heterocycles. The Morgan fingerprint density at radius 3 is 2.71 bits per heavy atom. The van der Waals surface area contributed by atoms with Crippen LogP contribution in [0.15, 0.2) is 12.1 Å². The number of rotatable bonds is 8. The quantitative estimate of drug-likeness (QED) is 0.704. The van der Waals surface area contributed by atoms with Crippen LogP contribution in [-0.2, 0) is 6.54 Å². The van der Waals surface area contributed by atoms with Crippen molar-refractivity contribution in [1.82, 2.24) is 10.3 Å². The highest BCUT2D eigenvalue weighted by Crippen LogP contribution is 2.13. The van der Waals surface area contributed by atoms with E-state index in [1.807, 2.05) is 20.0 Å². The molecule has 96 valence electrons. The minimum Gasteiger partial charge on any atom is -0.478 e. The molecular formula is C14H24N2O. The summed E-state index contributed by atoms with van der Waals surface area (Å²) in [4.78, 5) is 4.45. The molecule has 0 aliphatic heterocycles. The van der Waals surface area contributed by atoms with Gasteiger partial charge in [-0.1, -0.05) is 32.3 Å². The highest BCUT2D eigenvalue weighted by Gasteiger charge is 2.01. The maximum Gasteiger partial charge on any atom is 0.213 e. The molecule has 1 aromatic rings. The van der Waals surface area contributed by atoms with E-state index in [4.69, 9.17) is 4.74 Å². The van der Waals surface area contributed by atoms with Crippen molar-refractivity contribution < 1.29 is 4.74 Å². The van der Waals surface area contributed by atoms with Crippen LogP contribution in [0.3, 0.4) is 0 Å². The van der Waals surface area contributed by atoms with E-state index in [1.165, 1.54) is 24.8 Å². The van der Waals surface area contributed by atoms with Crippen molar-refractivity contribution in [2.75, 3.05) is 13.7 Å². The zero-order chi connectivity index (χ0) is 12.5. The number of aryl methyl sites for hydroxylation is 1. The second-order valence-corrected chi connectivity index (χ2v) is 4.33. The van der Waals surface area contributed by atoms with E-state index in [0.29, 0.717) is 0 Å². The van der Waals surface area contributed by atoms with E-state index >= 15 is 0 Å². The number of nitrogens with zero attached hydrogens (tertiary/aromatic N) is 1. The second-order valence-electron chi connectivity index (χ2n) is 4.33. The molecule has 0 bridgehead atoms. The Bertz CT molecular complexity index is 326. The van der Waals surface area contributed by atoms with E-state index in [1.54, 1.807) is 0 Å². The molecule has 0 saturated carbocycles. The van der Waals surface area contributed by atoms with Crippen molar-refractivity contribution in [1.29, 1.82) is 0 Å². The second kappa shape index (κ2) is 8.07. The molecule has 0 aromatic carbocycles. The largest absolute Gasteiger partial charge is 0.478 e. The fraction of sp³-hybridized carbons (Fsp3) is 0.643. The molecule has 0 radical (unpaired) electrons. The fourth-order valence-corrected chi connectivity index (χ4v) is 1.73. The molecular weight excluding hydrogens is 212 g/mol. The molecule has 3 heteroatoms. The van der Waals surface area contributed by atoms with Gasteiger partial charge in [-0.2, -0.15) is 0 Å². The average Bonchev–Trinajstić information content (AvgIpc) is 2.32. The first-order chi connectivity index (χ1) is 8.27. The van der Waals surface area contributed by atoms with E-state index in [0.717, 1.165) is 31.1 Å². The number of hydrogen-bond donors (Lipinski definition) is 1. The molecule has 0 aliphatic rings. The Morgan fingerprint density at radius 2 is 2.06 bits per heavy atom. The lowest BCUT2D eigenvalue weighted by molar-refractivity contribution is 0.293. The summed E-state index contributed by atoms with van der Waals surface area (Å²) in [6, 6.07) is 4.04. The Hall–Kier alpha value is -1.09. The Labute approximate surface area is 105 Å². The minimum atomic E-state index is 0.749. The standard InChI is InChI=1S/C14H24N2O/c1-4-5-6-7-10-17-14-9-8-13(11-15-3)12(2)16-14/h8-9,15H,4-7,10-11H2,1-3H3. The van der Waals surface area contributed by atoms with Crippen LogP contribution in [0, 0.1) is 6.92 Å². The van der Waals surface area contributed by atoms with Gasteiger partial charge < -0.3 is 10.1 Å². The lowest BCUT2D eigenvalue weighted by Crippen LogP contribution is -2.08. The van der Waals surface area contributed by atoms with Gasteiger partial charge in [0.2, 0.25) is 5.88 Å². The van der Waals surface area contributed by atoms with Crippen LogP contribution < -0.4 is 10.1 Å². The topological polar surface area (TPSA) is 34.1 Å². The third kappa shape index (κ3) is 5.18. The molecule has 17 heavy (non-hydrogen) atoms. The van der Waals surface area contributed by atoms with Gasteiger partial charge in [0.1, 0.15) is 0 Å². The number of pyridine rings is 1. The average molecular weight is 236 g/mol. The zero-order valence-corrected chi connectivity index (χ0v) is 11.3. The van der Waals surface area contributed by atoms with Crippen molar-refractivity contribution >= 4 is 0 Å². The van der Waals surface area contributed by atoms with Crippen molar-refractivity contribution in [3.05, 3.63) is 23.4 Å². The van der Waals surface area contributed by atoms with Crippen LogP contribution in [0.4, 0.5) is 0 Å². The molecule has 1 rings (SSSR count). The molecule has 1 N–H and O–H groups in total. The summed E-state index contributed by atoms with van der Waals surface area (Å²) >= 11 is 0. The van der Waals surface area contributed by atoms with Gasteiger partial charge in [-0.25, -0.2) is 4.98 Å². The predicted molar refractivity (Wildman–Crippen MR) is 71.4 cm³/mol. The predicted octanol–water partition coefficient (Wildman–Crippen LogP) is 3.07. The number of ether oxygens (including phenoxy) is 1. The Balaban J connectivity index is 2.36. The first-order valence-electron chi connectivity index (χ1n) is 6.51. The number of aromatic nitrogens is 1. The Kier molecular flexibility index (Phi) is 6.63. The molecule has 0 aliphatic carbocycles. The minimum absolute atomic E-state index is 0.749. The third-order valence-corrected chi connectivity index (χ3v) is 2.78. The van der Waals surface area contributed by atoms with E-state index in [-0.39, 0.29) is 0 Å². The normalized spacial score (nSPS) is 10.5. The highest BCUT2D eigenvalue weighted by atomic mass is 16.5.